The summed E-state index contributed by atoms with van der Waals surface area (Å²) in [6.07, 6.45) is 0. The first-order chi connectivity index (χ1) is 13.3. The highest BCUT2D eigenvalue weighted by atomic mass is 32.2. The normalized spacial score (nSPS) is 17.2. The van der Waals surface area contributed by atoms with Crippen LogP contribution >= 0.6 is 0 Å². The van der Waals surface area contributed by atoms with Crippen LogP contribution in [0.3, 0.4) is 0 Å². The van der Waals surface area contributed by atoms with E-state index in [4.69, 9.17) is 0 Å². The van der Waals surface area contributed by atoms with Crippen LogP contribution in [-0.2, 0) is 14.8 Å². The number of carbonyl (C=O) groups is 1. The lowest BCUT2D eigenvalue weighted by molar-refractivity contribution is -0.917. The molecule has 2 aromatic carbocycles. The van der Waals surface area contributed by atoms with Crippen LogP contribution in [0.4, 0.5) is 5.69 Å². The predicted molar refractivity (Wildman–Crippen MR) is 110 cm³/mol. The number of carbonyl (C=O) groups excluding carboxylic acids is 1. The van der Waals surface area contributed by atoms with Crippen molar-refractivity contribution in [3.63, 3.8) is 0 Å². The number of piperazine rings is 1. The lowest BCUT2D eigenvalue weighted by Crippen LogP contribution is -3.19. The molecule has 0 aliphatic carbocycles. The lowest BCUT2D eigenvalue weighted by Gasteiger charge is -2.34. The number of nitrogens with one attached hydrogen (secondary N) is 2. The number of aryl methyl sites for hydroxylation is 2. The number of benzene rings is 2. The van der Waals surface area contributed by atoms with Crippen LogP contribution in [-0.4, -0.2) is 50.9 Å². The number of sulfonamides is 1. The Balaban J connectivity index is 1.63. The topological polar surface area (TPSA) is 70.9 Å². The molecule has 2 N–H and O–H groups in total. The minimum absolute atomic E-state index is 0.0490. The summed E-state index contributed by atoms with van der Waals surface area (Å²) >= 11 is 0. The van der Waals surface area contributed by atoms with Crippen molar-refractivity contribution >= 4 is 21.6 Å². The van der Waals surface area contributed by atoms with Crippen molar-refractivity contribution in [2.45, 2.75) is 31.7 Å². The van der Waals surface area contributed by atoms with Crippen molar-refractivity contribution in [3.8, 4) is 0 Å². The minimum Gasteiger partial charge on any atom is -0.323 e. The van der Waals surface area contributed by atoms with Crippen molar-refractivity contribution in [1.29, 1.82) is 0 Å². The Morgan fingerprint density at radius 1 is 1.07 bits per heavy atom. The Morgan fingerprint density at radius 2 is 1.71 bits per heavy atom. The molecule has 1 atom stereocenters. The molecule has 6 nitrogen and oxygen atoms in total. The summed E-state index contributed by atoms with van der Waals surface area (Å²) in [6.45, 7) is 7.64. The minimum atomic E-state index is -3.51. The number of hydrogen-bond acceptors (Lipinski definition) is 3. The number of rotatable bonds is 5. The molecule has 2 aromatic rings. The molecule has 0 radical (unpaired) electrons. The first-order valence-corrected chi connectivity index (χ1v) is 11.0. The molecule has 7 heteroatoms. The zero-order chi connectivity index (χ0) is 20.3. The number of para-hydroxylation sites is 1. The van der Waals surface area contributed by atoms with E-state index in [1.807, 2.05) is 63.2 Å². The van der Waals surface area contributed by atoms with Gasteiger partial charge in [0.15, 0.2) is 6.04 Å². The number of anilines is 1. The Bertz CT molecular complexity index is 937. The molecular formula is C21H28N3O3S+. The first kappa shape index (κ1) is 20.5. The second kappa shape index (κ2) is 8.43. The van der Waals surface area contributed by atoms with E-state index >= 15 is 0 Å². The quantitative estimate of drug-likeness (QED) is 0.790. The first-order valence-electron chi connectivity index (χ1n) is 9.57. The van der Waals surface area contributed by atoms with Gasteiger partial charge in [-0.05, 0) is 50.1 Å². The van der Waals surface area contributed by atoms with Crippen LogP contribution in [0, 0.1) is 13.8 Å². The third-order valence-corrected chi connectivity index (χ3v) is 7.41. The summed E-state index contributed by atoms with van der Waals surface area (Å²) in [7, 11) is -3.51. The molecule has 0 unspecified atom stereocenters. The van der Waals surface area contributed by atoms with Gasteiger partial charge in [-0.2, -0.15) is 4.31 Å². The summed E-state index contributed by atoms with van der Waals surface area (Å²) in [5.41, 5.74) is 2.46. The molecule has 150 valence electrons. The van der Waals surface area contributed by atoms with Gasteiger partial charge in [-0.25, -0.2) is 8.42 Å². The Hall–Kier alpha value is -2.22. The lowest BCUT2D eigenvalue weighted by atomic mass is 10.2. The van der Waals surface area contributed by atoms with Crippen LogP contribution < -0.4 is 10.2 Å². The Morgan fingerprint density at radius 3 is 2.36 bits per heavy atom. The van der Waals surface area contributed by atoms with Crippen molar-refractivity contribution in [1.82, 2.24) is 4.31 Å². The molecule has 0 aromatic heterocycles. The van der Waals surface area contributed by atoms with E-state index in [1.165, 1.54) is 0 Å². The summed E-state index contributed by atoms with van der Waals surface area (Å²) in [5.74, 6) is -0.0490. The van der Waals surface area contributed by atoms with Crippen molar-refractivity contribution in [2.75, 3.05) is 31.5 Å². The van der Waals surface area contributed by atoms with Crippen LogP contribution in [0.25, 0.3) is 0 Å². The number of quaternary nitrogens is 1. The van der Waals surface area contributed by atoms with Gasteiger partial charge in [0.25, 0.3) is 5.91 Å². The van der Waals surface area contributed by atoms with Crippen LogP contribution in [0.15, 0.2) is 53.4 Å². The van der Waals surface area contributed by atoms with E-state index in [2.05, 4.69) is 5.32 Å². The number of nitrogens with zero attached hydrogens (tertiary/aromatic N) is 1. The second-order valence-corrected chi connectivity index (χ2v) is 9.31. The summed E-state index contributed by atoms with van der Waals surface area (Å²) < 4.78 is 27.6. The molecule has 1 fully saturated rings. The van der Waals surface area contributed by atoms with Crippen molar-refractivity contribution in [3.05, 3.63) is 59.7 Å². The molecule has 1 saturated heterocycles. The number of amides is 1. The summed E-state index contributed by atoms with van der Waals surface area (Å²) in [5, 5.41) is 2.93. The largest absolute Gasteiger partial charge is 0.323 e. The predicted octanol–water partition coefficient (Wildman–Crippen LogP) is 1.22. The summed E-state index contributed by atoms with van der Waals surface area (Å²) in [4.78, 5) is 14.0. The fourth-order valence-corrected chi connectivity index (χ4v) is 5.28. The smallest absolute Gasteiger partial charge is 0.282 e. The number of hydrogen-bond donors (Lipinski definition) is 2. The van der Waals surface area contributed by atoms with E-state index in [1.54, 1.807) is 10.4 Å². The van der Waals surface area contributed by atoms with Gasteiger partial charge in [0.05, 0.1) is 31.1 Å². The standard InChI is InChI=1S/C21H27N3O3S/c1-16-9-10-17(2)20(15-16)28(26,27)24-13-11-23(12-14-24)18(3)21(25)22-19-7-5-4-6-8-19/h4-10,15,18H,11-14H2,1-3H3,(H,22,25)/p+1/t18-/m1/s1. The maximum atomic E-state index is 13.0. The fraction of sp³-hybridized carbons (Fsp3) is 0.381. The molecule has 0 bridgehead atoms. The molecule has 1 heterocycles. The van der Waals surface area contributed by atoms with Gasteiger partial charge in [0.1, 0.15) is 0 Å². The van der Waals surface area contributed by atoms with E-state index < -0.39 is 10.0 Å². The monoisotopic (exact) mass is 402 g/mol. The Kier molecular flexibility index (Phi) is 6.17. The average molecular weight is 403 g/mol. The zero-order valence-electron chi connectivity index (χ0n) is 16.6. The molecule has 28 heavy (non-hydrogen) atoms. The zero-order valence-corrected chi connectivity index (χ0v) is 17.4. The highest BCUT2D eigenvalue weighted by molar-refractivity contribution is 7.89. The average Bonchev–Trinajstić information content (AvgIpc) is 2.70. The van der Waals surface area contributed by atoms with E-state index in [-0.39, 0.29) is 11.9 Å². The van der Waals surface area contributed by atoms with E-state index in [0.717, 1.165) is 21.7 Å². The van der Waals surface area contributed by atoms with Crippen molar-refractivity contribution in [2.24, 2.45) is 0 Å². The van der Waals surface area contributed by atoms with Gasteiger partial charge in [0.2, 0.25) is 10.0 Å². The van der Waals surface area contributed by atoms with Gasteiger partial charge < -0.3 is 10.2 Å². The fourth-order valence-electron chi connectivity index (χ4n) is 3.53. The molecule has 1 aliphatic rings. The van der Waals surface area contributed by atoms with Crippen LogP contribution in [0.1, 0.15) is 18.1 Å². The third kappa shape index (κ3) is 4.43. The highest BCUT2D eigenvalue weighted by Gasteiger charge is 2.35. The maximum Gasteiger partial charge on any atom is 0.282 e. The molecule has 1 amide bonds. The summed E-state index contributed by atoms with van der Waals surface area (Å²) in [6, 6.07) is 14.6. The van der Waals surface area contributed by atoms with Gasteiger partial charge in [-0.15, -0.1) is 0 Å². The molecule has 0 saturated carbocycles. The van der Waals surface area contributed by atoms with Gasteiger partial charge in [-0.3, -0.25) is 4.79 Å². The second-order valence-electron chi connectivity index (χ2n) is 7.41. The highest BCUT2D eigenvalue weighted by Crippen LogP contribution is 2.21. The van der Waals surface area contributed by atoms with Gasteiger partial charge in [0, 0.05) is 5.69 Å². The van der Waals surface area contributed by atoms with Crippen LogP contribution in [0.2, 0.25) is 0 Å². The van der Waals surface area contributed by atoms with E-state index in [9.17, 15) is 13.2 Å². The van der Waals surface area contributed by atoms with E-state index in [0.29, 0.717) is 31.1 Å². The maximum absolute atomic E-state index is 13.0. The van der Waals surface area contributed by atoms with Crippen LogP contribution in [0.5, 0.6) is 0 Å². The molecule has 3 rings (SSSR count). The Labute approximate surface area is 167 Å². The van der Waals surface area contributed by atoms with Gasteiger partial charge in [-0.1, -0.05) is 30.3 Å². The molecule has 0 spiro atoms. The molecule has 1 aliphatic heterocycles. The van der Waals surface area contributed by atoms with Gasteiger partial charge >= 0.3 is 0 Å². The van der Waals surface area contributed by atoms with Crippen molar-refractivity contribution < 1.29 is 18.1 Å². The molecular weight excluding hydrogens is 374 g/mol. The SMILES string of the molecule is Cc1ccc(C)c(S(=O)(=O)N2CC[NH+]([C@H](C)C(=O)Nc3ccccc3)CC2)c1. The third-order valence-electron chi connectivity index (χ3n) is 5.37.